The van der Waals surface area contributed by atoms with Gasteiger partial charge in [-0.15, -0.1) is 11.6 Å². The first kappa shape index (κ1) is 12.7. The molecule has 0 N–H and O–H groups in total. The number of hydrogen-bond donors (Lipinski definition) is 0. The van der Waals surface area contributed by atoms with Crippen molar-refractivity contribution in [3.05, 3.63) is 34.1 Å². The molecule has 0 saturated carbocycles. The molecule has 0 radical (unpaired) electrons. The van der Waals surface area contributed by atoms with Crippen molar-refractivity contribution in [2.24, 2.45) is 0 Å². The van der Waals surface area contributed by atoms with E-state index in [4.69, 9.17) is 11.6 Å². The van der Waals surface area contributed by atoms with Crippen LogP contribution in [0.25, 0.3) is 0 Å². The fraction of sp³-hybridized carbons (Fsp3) is 0.364. The number of Topliss-reactive ketones (excluding diaryl/α,β-unsaturated/α-hetero) is 1. The summed E-state index contributed by atoms with van der Waals surface area (Å²) in [6, 6.07) is 4.34. The molecular weight excluding hydrogens is 282 g/mol. The van der Waals surface area contributed by atoms with Gasteiger partial charge < -0.3 is 0 Å². The van der Waals surface area contributed by atoms with Crippen LogP contribution in [0, 0.1) is 5.82 Å². The van der Waals surface area contributed by atoms with Gasteiger partial charge in [0.1, 0.15) is 11.6 Å². The van der Waals surface area contributed by atoms with Crippen molar-refractivity contribution in [1.82, 2.24) is 0 Å². The van der Waals surface area contributed by atoms with Crippen LogP contribution in [-0.4, -0.2) is 11.7 Å². The molecule has 82 valence electrons. The molecule has 1 aromatic carbocycles. The number of hydrogen-bond acceptors (Lipinski definition) is 1. The zero-order valence-electron chi connectivity index (χ0n) is 8.10. The highest BCUT2D eigenvalue weighted by molar-refractivity contribution is 9.10. The summed E-state index contributed by atoms with van der Waals surface area (Å²) in [6.07, 6.45) is 1.50. The molecule has 1 aromatic rings. The molecule has 0 aliphatic heterocycles. The average molecular weight is 294 g/mol. The number of halogens is 3. The molecule has 1 nitrogen and oxygen atoms in total. The van der Waals surface area contributed by atoms with E-state index in [2.05, 4.69) is 15.9 Å². The van der Waals surface area contributed by atoms with Crippen LogP contribution < -0.4 is 0 Å². The summed E-state index contributed by atoms with van der Waals surface area (Å²) in [5.74, 6) is 0.317. The van der Waals surface area contributed by atoms with E-state index in [0.717, 1.165) is 5.56 Å². The number of rotatable bonds is 5. The summed E-state index contributed by atoms with van der Waals surface area (Å²) in [4.78, 5) is 11.4. The molecule has 1 rings (SSSR count). The van der Waals surface area contributed by atoms with E-state index in [1.807, 2.05) is 0 Å². The topological polar surface area (TPSA) is 17.1 Å². The Kier molecular flexibility index (Phi) is 5.26. The zero-order chi connectivity index (χ0) is 11.3. The lowest BCUT2D eigenvalue weighted by Crippen LogP contribution is -2.03. The van der Waals surface area contributed by atoms with Crippen LogP contribution in [0.2, 0.25) is 0 Å². The highest BCUT2D eigenvalue weighted by Gasteiger charge is 2.07. The lowest BCUT2D eigenvalue weighted by Gasteiger charge is -2.03. The van der Waals surface area contributed by atoms with E-state index in [9.17, 15) is 9.18 Å². The third kappa shape index (κ3) is 4.31. The van der Waals surface area contributed by atoms with Gasteiger partial charge in [-0.2, -0.15) is 0 Å². The monoisotopic (exact) mass is 292 g/mol. The lowest BCUT2D eigenvalue weighted by atomic mass is 10.1. The van der Waals surface area contributed by atoms with Gasteiger partial charge in [-0.3, -0.25) is 4.79 Å². The Bertz CT molecular complexity index is 354. The van der Waals surface area contributed by atoms with E-state index in [1.165, 1.54) is 12.1 Å². The predicted octanol–water partition coefficient (Wildman–Crippen LogP) is 3.72. The molecule has 0 heterocycles. The summed E-state index contributed by atoms with van der Waals surface area (Å²) in [5, 5.41) is 0. The van der Waals surface area contributed by atoms with Gasteiger partial charge >= 0.3 is 0 Å². The second-order valence-corrected chi connectivity index (χ2v) is 4.48. The van der Waals surface area contributed by atoms with Crippen molar-refractivity contribution < 1.29 is 9.18 Å². The van der Waals surface area contributed by atoms with Crippen LogP contribution in [0.4, 0.5) is 4.39 Å². The van der Waals surface area contributed by atoms with Crippen molar-refractivity contribution in [1.29, 1.82) is 0 Å². The third-order valence-corrected chi connectivity index (χ3v) is 3.00. The molecule has 0 spiro atoms. The van der Waals surface area contributed by atoms with Gasteiger partial charge in [0, 0.05) is 23.2 Å². The Labute approximate surface area is 102 Å². The van der Waals surface area contributed by atoms with Gasteiger partial charge in [0.05, 0.1) is 0 Å². The maximum atomic E-state index is 12.8. The van der Waals surface area contributed by atoms with Crippen LogP contribution in [0.1, 0.15) is 18.4 Å². The summed E-state index contributed by atoms with van der Waals surface area (Å²) >= 11 is 8.72. The molecule has 0 fully saturated rings. The molecule has 0 saturated heterocycles. The van der Waals surface area contributed by atoms with Gasteiger partial charge in [-0.1, -0.05) is 22.0 Å². The Morgan fingerprint density at radius 2 is 2.20 bits per heavy atom. The molecule has 0 aromatic heterocycles. The van der Waals surface area contributed by atoms with E-state index in [1.54, 1.807) is 6.07 Å². The van der Waals surface area contributed by atoms with Crippen molar-refractivity contribution in [2.45, 2.75) is 19.3 Å². The van der Waals surface area contributed by atoms with Crippen molar-refractivity contribution >= 4 is 33.3 Å². The maximum absolute atomic E-state index is 12.8. The number of benzene rings is 1. The largest absolute Gasteiger partial charge is 0.299 e. The van der Waals surface area contributed by atoms with Crippen molar-refractivity contribution in [3.63, 3.8) is 0 Å². The van der Waals surface area contributed by atoms with Crippen molar-refractivity contribution in [2.75, 3.05) is 5.88 Å². The highest BCUT2D eigenvalue weighted by Crippen LogP contribution is 2.19. The maximum Gasteiger partial charge on any atom is 0.137 e. The fourth-order valence-corrected chi connectivity index (χ4v) is 1.85. The summed E-state index contributed by atoms with van der Waals surface area (Å²) in [7, 11) is 0. The molecule has 0 amide bonds. The van der Waals surface area contributed by atoms with Crippen molar-refractivity contribution in [3.8, 4) is 0 Å². The van der Waals surface area contributed by atoms with Crippen LogP contribution in [-0.2, 0) is 11.2 Å². The Balaban J connectivity index is 2.60. The number of carbonyl (C=O) groups excluding carboxylic acids is 1. The first-order valence-corrected chi connectivity index (χ1v) is 5.98. The minimum absolute atomic E-state index is 0.128. The molecule has 15 heavy (non-hydrogen) atoms. The normalized spacial score (nSPS) is 10.3. The van der Waals surface area contributed by atoms with Gasteiger partial charge in [-0.25, -0.2) is 4.39 Å². The zero-order valence-corrected chi connectivity index (χ0v) is 10.4. The number of carbonyl (C=O) groups is 1. The number of alkyl halides is 1. The average Bonchev–Trinajstić information content (AvgIpc) is 2.19. The minimum atomic E-state index is -0.307. The van der Waals surface area contributed by atoms with E-state index in [0.29, 0.717) is 29.6 Å². The lowest BCUT2D eigenvalue weighted by molar-refractivity contribution is -0.118. The standard InChI is InChI=1S/C11H11BrClFO/c12-11-7-9(14)4-3-8(11)6-10(15)2-1-5-13/h3-4,7H,1-2,5-6H2. The molecule has 4 heteroatoms. The third-order valence-electron chi connectivity index (χ3n) is 1.99. The SMILES string of the molecule is O=C(CCCCl)Cc1ccc(F)cc1Br. The van der Waals surface area contributed by atoms with Crippen LogP contribution >= 0.6 is 27.5 Å². The molecule has 0 aliphatic rings. The van der Waals surface area contributed by atoms with E-state index < -0.39 is 0 Å². The Morgan fingerprint density at radius 1 is 1.47 bits per heavy atom. The van der Waals surface area contributed by atoms with Gasteiger partial charge in [-0.05, 0) is 24.1 Å². The second kappa shape index (κ2) is 6.23. The first-order valence-electron chi connectivity index (χ1n) is 4.65. The quantitative estimate of drug-likeness (QED) is 0.756. The van der Waals surface area contributed by atoms with Crippen LogP contribution in [0.5, 0.6) is 0 Å². The van der Waals surface area contributed by atoms with E-state index in [-0.39, 0.29) is 11.6 Å². The smallest absolute Gasteiger partial charge is 0.137 e. The van der Waals surface area contributed by atoms with E-state index >= 15 is 0 Å². The second-order valence-electron chi connectivity index (χ2n) is 3.24. The highest BCUT2D eigenvalue weighted by atomic mass is 79.9. The summed E-state index contributed by atoms with van der Waals surface area (Å²) in [5.41, 5.74) is 0.816. The number of ketones is 1. The molecule has 0 aliphatic carbocycles. The molecule has 0 bridgehead atoms. The fourth-order valence-electron chi connectivity index (χ4n) is 1.23. The van der Waals surface area contributed by atoms with Crippen LogP contribution in [0.3, 0.4) is 0 Å². The van der Waals surface area contributed by atoms with Gasteiger partial charge in [0.15, 0.2) is 0 Å². The molecular formula is C11H11BrClFO. The molecule has 0 atom stereocenters. The molecule has 0 unspecified atom stereocenters. The Hall–Kier alpha value is -0.410. The minimum Gasteiger partial charge on any atom is -0.299 e. The van der Waals surface area contributed by atoms with Gasteiger partial charge in [0.25, 0.3) is 0 Å². The predicted molar refractivity (Wildman–Crippen MR) is 62.8 cm³/mol. The van der Waals surface area contributed by atoms with Crippen LogP contribution in [0.15, 0.2) is 22.7 Å². The Morgan fingerprint density at radius 3 is 2.80 bits per heavy atom. The first-order chi connectivity index (χ1) is 7.13. The van der Waals surface area contributed by atoms with Gasteiger partial charge in [0.2, 0.25) is 0 Å². The summed E-state index contributed by atoms with van der Waals surface area (Å²) in [6.45, 7) is 0. The summed E-state index contributed by atoms with van der Waals surface area (Å²) < 4.78 is 13.4.